The Kier molecular flexibility index (Phi) is 3.14. The summed E-state index contributed by atoms with van der Waals surface area (Å²) in [6.45, 7) is 0. The molecule has 1 amide bonds. The molecule has 0 heterocycles. The normalized spacial score (nSPS) is 10.1. The molecule has 4 nitrogen and oxygen atoms in total. The minimum Gasteiger partial charge on any atom is -0.465 e. The highest BCUT2D eigenvalue weighted by atomic mass is 19.1. The first-order valence-electron chi connectivity index (χ1n) is 5.23. The zero-order valence-electron chi connectivity index (χ0n) is 9.35. The molecule has 92 valence electrons. The number of benzene rings is 2. The van der Waals surface area contributed by atoms with Crippen molar-refractivity contribution in [2.75, 3.05) is 11.1 Å². The highest BCUT2D eigenvalue weighted by molar-refractivity contribution is 5.89. The van der Waals surface area contributed by atoms with Gasteiger partial charge in [0.05, 0.1) is 11.4 Å². The largest absolute Gasteiger partial charge is 0.465 e. The fourth-order valence-corrected chi connectivity index (χ4v) is 1.66. The number of carboxylic acid groups (broad SMARTS) is 1. The minimum atomic E-state index is -1.28. The number of nitrogens with two attached hydrogens (primary N) is 1. The van der Waals surface area contributed by atoms with E-state index in [-0.39, 0.29) is 11.4 Å². The molecule has 0 unspecified atom stereocenters. The van der Waals surface area contributed by atoms with Crippen LogP contribution in [0.2, 0.25) is 0 Å². The molecule has 0 radical (unpaired) electrons. The predicted molar refractivity (Wildman–Crippen MR) is 67.9 cm³/mol. The molecule has 0 saturated heterocycles. The van der Waals surface area contributed by atoms with Crippen molar-refractivity contribution in [2.24, 2.45) is 0 Å². The van der Waals surface area contributed by atoms with Gasteiger partial charge in [-0.3, -0.25) is 5.32 Å². The van der Waals surface area contributed by atoms with Gasteiger partial charge in [0.15, 0.2) is 5.82 Å². The summed E-state index contributed by atoms with van der Waals surface area (Å²) in [5, 5.41) is 10.6. The van der Waals surface area contributed by atoms with Crippen LogP contribution in [0.5, 0.6) is 0 Å². The summed E-state index contributed by atoms with van der Waals surface area (Å²) in [5.74, 6) is -0.632. The van der Waals surface area contributed by atoms with Crippen molar-refractivity contribution in [3.05, 3.63) is 48.3 Å². The molecule has 0 aliphatic carbocycles. The number of carbonyl (C=O) groups is 1. The first-order chi connectivity index (χ1) is 8.59. The van der Waals surface area contributed by atoms with Gasteiger partial charge in [0.2, 0.25) is 0 Å². The van der Waals surface area contributed by atoms with Crippen LogP contribution in [0.25, 0.3) is 11.1 Å². The average molecular weight is 246 g/mol. The van der Waals surface area contributed by atoms with E-state index in [1.165, 1.54) is 12.1 Å². The van der Waals surface area contributed by atoms with Gasteiger partial charge in [0.1, 0.15) is 0 Å². The summed E-state index contributed by atoms with van der Waals surface area (Å²) in [7, 11) is 0. The topological polar surface area (TPSA) is 75.3 Å². The summed E-state index contributed by atoms with van der Waals surface area (Å²) in [4.78, 5) is 10.5. The van der Waals surface area contributed by atoms with Crippen LogP contribution in [0.3, 0.4) is 0 Å². The molecule has 5 heteroatoms. The van der Waals surface area contributed by atoms with Gasteiger partial charge in [-0.15, -0.1) is 0 Å². The molecule has 0 aliphatic rings. The monoisotopic (exact) mass is 246 g/mol. The van der Waals surface area contributed by atoms with Crippen molar-refractivity contribution >= 4 is 17.5 Å². The Morgan fingerprint density at radius 3 is 2.44 bits per heavy atom. The number of hydrogen-bond donors (Lipinski definition) is 3. The van der Waals surface area contributed by atoms with Crippen LogP contribution in [0.4, 0.5) is 20.6 Å². The van der Waals surface area contributed by atoms with Gasteiger partial charge in [-0.1, -0.05) is 30.3 Å². The first-order valence-corrected chi connectivity index (χ1v) is 5.23. The lowest BCUT2D eigenvalue weighted by Gasteiger charge is -2.10. The quantitative estimate of drug-likeness (QED) is 0.712. The molecule has 0 aliphatic heterocycles. The van der Waals surface area contributed by atoms with E-state index in [0.29, 0.717) is 11.1 Å². The highest BCUT2D eigenvalue weighted by Gasteiger charge is 2.13. The second-order valence-electron chi connectivity index (χ2n) is 3.68. The number of hydrogen-bond acceptors (Lipinski definition) is 2. The number of amides is 1. The van der Waals surface area contributed by atoms with Crippen molar-refractivity contribution in [1.29, 1.82) is 0 Å². The Bertz CT molecular complexity index is 585. The Labute approximate surface area is 103 Å². The third-order valence-electron chi connectivity index (χ3n) is 2.51. The molecular formula is C13H11FN2O2. The Morgan fingerprint density at radius 1 is 1.17 bits per heavy atom. The average Bonchev–Trinajstić information content (AvgIpc) is 2.36. The van der Waals surface area contributed by atoms with Crippen molar-refractivity contribution in [3.8, 4) is 11.1 Å². The molecule has 0 spiro atoms. The first kappa shape index (κ1) is 11.9. The minimum absolute atomic E-state index is 0.0414. The lowest BCUT2D eigenvalue weighted by molar-refractivity contribution is 0.210. The van der Waals surface area contributed by atoms with Crippen molar-refractivity contribution in [1.82, 2.24) is 0 Å². The Balaban J connectivity index is 2.47. The Morgan fingerprint density at radius 2 is 1.83 bits per heavy atom. The lowest BCUT2D eigenvalue weighted by atomic mass is 10.0. The van der Waals surface area contributed by atoms with Gasteiger partial charge in [-0.05, 0) is 17.7 Å². The van der Waals surface area contributed by atoms with Crippen LogP contribution in [0.15, 0.2) is 42.5 Å². The second kappa shape index (κ2) is 4.75. The van der Waals surface area contributed by atoms with Crippen LogP contribution in [-0.4, -0.2) is 11.2 Å². The molecule has 2 aromatic rings. The number of halogens is 1. The van der Waals surface area contributed by atoms with Crippen LogP contribution >= 0.6 is 0 Å². The van der Waals surface area contributed by atoms with Gasteiger partial charge in [0, 0.05) is 5.56 Å². The van der Waals surface area contributed by atoms with E-state index in [0.717, 1.165) is 0 Å². The molecule has 0 fully saturated rings. The van der Waals surface area contributed by atoms with E-state index >= 15 is 0 Å². The second-order valence-corrected chi connectivity index (χ2v) is 3.68. The SMILES string of the molecule is Nc1c(NC(=O)O)ccc(-c2ccccc2)c1F. The van der Waals surface area contributed by atoms with Gasteiger partial charge >= 0.3 is 6.09 Å². The standard InChI is InChI=1S/C13H11FN2O2/c14-11-9(8-4-2-1-3-5-8)6-7-10(12(11)15)16-13(17)18/h1-7,16H,15H2,(H,17,18). The van der Waals surface area contributed by atoms with E-state index in [2.05, 4.69) is 0 Å². The van der Waals surface area contributed by atoms with E-state index in [9.17, 15) is 9.18 Å². The summed E-state index contributed by atoms with van der Waals surface area (Å²) in [6.07, 6.45) is -1.28. The molecular weight excluding hydrogens is 235 g/mol. The van der Waals surface area contributed by atoms with Crippen LogP contribution < -0.4 is 11.1 Å². The zero-order chi connectivity index (χ0) is 13.1. The van der Waals surface area contributed by atoms with Crippen molar-refractivity contribution in [2.45, 2.75) is 0 Å². The maximum absolute atomic E-state index is 14.0. The molecule has 0 bridgehead atoms. The molecule has 18 heavy (non-hydrogen) atoms. The molecule has 0 aromatic heterocycles. The number of rotatable bonds is 2. The highest BCUT2D eigenvalue weighted by Crippen LogP contribution is 2.31. The summed E-state index contributed by atoms with van der Waals surface area (Å²) in [5.41, 5.74) is 6.42. The van der Waals surface area contributed by atoms with E-state index < -0.39 is 11.9 Å². The molecule has 2 aromatic carbocycles. The summed E-state index contributed by atoms with van der Waals surface area (Å²) >= 11 is 0. The van der Waals surface area contributed by atoms with Crippen LogP contribution in [0.1, 0.15) is 0 Å². The maximum Gasteiger partial charge on any atom is 0.409 e. The van der Waals surface area contributed by atoms with Crippen molar-refractivity contribution in [3.63, 3.8) is 0 Å². The van der Waals surface area contributed by atoms with Gasteiger partial charge in [0.25, 0.3) is 0 Å². The fourth-order valence-electron chi connectivity index (χ4n) is 1.66. The third-order valence-corrected chi connectivity index (χ3v) is 2.51. The fraction of sp³-hybridized carbons (Fsp3) is 0. The lowest BCUT2D eigenvalue weighted by Crippen LogP contribution is -2.10. The van der Waals surface area contributed by atoms with Gasteiger partial charge in [-0.2, -0.15) is 0 Å². The van der Waals surface area contributed by atoms with E-state index in [1.807, 2.05) is 11.4 Å². The molecule has 0 atom stereocenters. The van der Waals surface area contributed by atoms with E-state index in [4.69, 9.17) is 10.8 Å². The number of anilines is 2. The Hall–Kier alpha value is -2.56. The third kappa shape index (κ3) is 2.24. The van der Waals surface area contributed by atoms with Crippen LogP contribution in [-0.2, 0) is 0 Å². The molecule has 0 saturated carbocycles. The zero-order valence-corrected chi connectivity index (χ0v) is 9.35. The number of nitrogens with one attached hydrogen (secondary N) is 1. The van der Waals surface area contributed by atoms with Gasteiger partial charge in [-0.25, -0.2) is 9.18 Å². The van der Waals surface area contributed by atoms with Crippen LogP contribution in [0, 0.1) is 5.82 Å². The van der Waals surface area contributed by atoms with Gasteiger partial charge < -0.3 is 10.8 Å². The summed E-state index contributed by atoms with van der Waals surface area (Å²) < 4.78 is 14.0. The van der Waals surface area contributed by atoms with E-state index in [1.54, 1.807) is 24.3 Å². The maximum atomic E-state index is 14.0. The van der Waals surface area contributed by atoms with Crippen molar-refractivity contribution < 1.29 is 14.3 Å². The molecule has 2 rings (SSSR count). The predicted octanol–water partition coefficient (Wildman–Crippen LogP) is 3.16. The summed E-state index contributed by atoms with van der Waals surface area (Å²) in [6, 6.07) is 11.8. The number of nitrogen functional groups attached to an aromatic ring is 1. The smallest absolute Gasteiger partial charge is 0.409 e. The molecule has 4 N–H and O–H groups in total.